The summed E-state index contributed by atoms with van der Waals surface area (Å²) in [4.78, 5) is 6.61. The van der Waals surface area contributed by atoms with Crippen molar-refractivity contribution in [2.45, 2.75) is 94.8 Å². The molecule has 0 aliphatic carbocycles. The van der Waals surface area contributed by atoms with E-state index in [9.17, 15) is 8.42 Å². The molecular weight excluding hydrogens is 376 g/mol. The molecule has 160 valence electrons. The van der Waals surface area contributed by atoms with Gasteiger partial charge in [0.25, 0.3) is 0 Å². The fourth-order valence-corrected chi connectivity index (χ4v) is 5.80. The minimum Gasteiger partial charge on any atom is -0.376 e. The minimum absolute atomic E-state index is 0.0653. The molecule has 1 aromatic rings. The highest BCUT2D eigenvalue weighted by Crippen LogP contribution is 2.32. The van der Waals surface area contributed by atoms with Crippen molar-refractivity contribution in [1.29, 1.82) is 0 Å². The van der Waals surface area contributed by atoms with E-state index >= 15 is 0 Å². The van der Waals surface area contributed by atoms with Gasteiger partial charge in [-0.2, -0.15) is 0 Å². The molecule has 0 saturated carbocycles. The highest BCUT2D eigenvalue weighted by molar-refractivity contribution is 7.90. The Kier molecular flexibility index (Phi) is 5.98. The number of aromatic nitrogens is 2. The zero-order valence-corrected chi connectivity index (χ0v) is 19.0. The average Bonchev–Trinajstić information content (AvgIpc) is 3.14. The molecule has 0 amide bonds. The first-order valence-electron chi connectivity index (χ1n) is 10.2. The van der Waals surface area contributed by atoms with Crippen LogP contribution in [0.5, 0.6) is 0 Å². The molecule has 2 saturated heterocycles. The van der Waals surface area contributed by atoms with Gasteiger partial charge < -0.3 is 14.6 Å². The van der Waals surface area contributed by atoms with E-state index in [-0.39, 0.29) is 22.3 Å². The third kappa shape index (κ3) is 5.14. The van der Waals surface area contributed by atoms with Crippen molar-refractivity contribution in [1.82, 2.24) is 19.8 Å². The van der Waals surface area contributed by atoms with Gasteiger partial charge in [0.2, 0.25) is 15.0 Å². The van der Waals surface area contributed by atoms with Crippen molar-refractivity contribution in [3.63, 3.8) is 0 Å². The lowest BCUT2D eigenvalue weighted by Gasteiger charge is -2.49. The van der Waals surface area contributed by atoms with E-state index in [2.05, 4.69) is 49.9 Å². The second-order valence-electron chi connectivity index (χ2n) is 9.92. The molecule has 0 aromatic carbocycles. The van der Waals surface area contributed by atoms with Gasteiger partial charge in [-0.15, -0.1) is 0 Å². The van der Waals surface area contributed by atoms with Gasteiger partial charge in [0.1, 0.15) is 0 Å². The number of sulfone groups is 1. The average molecular weight is 413 g/mol. The Morgan fingerprint density at radius 2 is 1.93 bits per heavy atom. The van der Waals surface area contributed by atoms with Crippen LogP contribution in [0.3, 0.4) is 0 Å². The lowest BCUT2D eigenvalue weighted by molar-refractivity contribution is 0.0736. The van der Waals surface area contributed by atoms with Gasteiger partial charge >= 0.3 is 0 Å². The van der Waals surface area contributed by atoms with Crippen LogP contribution in [-0.4, -0.2) is 66.0 Å². The molecule has 2 aliphatic rings. The molecule has 0 radical (unpaired) electrons. The summed E-state index contributed by atoms with van der Waals surface area (Å²) < 4.78 is 32.1. The summed E-state index contributed by atoms with van der Waals surface area (Å²) in [6.07, 6.45) is 7.11. The number of nitrogens with zero attached hydrogens (tertiary/aromatic N) is 3. The molecule has 2 aliphatic heterocycles. The third-order valence-electron chi connectivity index (χ3n) is 5.85. The summed E-state index contributed by atoms with van der Waals surface area (Å²) in [5, 5.41) is 3.87. The highest BCUT2D eigenvalue weighted by Gasteiger charge is 2.39. The number of hydrogen-bond acceptors (Lipinski definition) is 6. The molecule has 0 unspecified atom stereocenters. The van der Waals surface area contributed by atoms with Crippen molar-refractivity contribution < 1.29 is 13.2 Å². The third-order valence-corrected chi connectivity index (χ3v) is 6.84. The van der Waals surface area contributed by atoms with Gasteiger partial charge in [-0.05, 0) is 60.4 Å². The highest BCUT2D eigenvalue weighted by atomic mass is 32.2. The topological polar surface area (TPSA) is 76.5 Å². The monoisotopic (exact) mass is 412 g/mol. The number of nitrogens with one attached hydrogen (secondary N) is 1. The predicted octanol–water partition coefficient (Wildman–Crippen LogP) is 2.21. The Hall–Kier alpha value is -0.960. The smallest absolute Gasteiger partial charge is 0.227 e. The van der Waals surface area contributed by atoms with Crippen LogP contribution in [0.1, 0.15) is 59.1 Å². The Balaban J connectivity index is 1.82. The fraction of sp³-hybridized carbons (Fsp3) is 0.850. The maximum atomic E-state index is 12.3. The van der Waals surface area contributed by atoms with Crippen molar-refractivity contribution in [2.24, 2.45) is 0 Å². The van der Waals surface area contributed by atoms with E-state index in [1.54, 1.807) is 6.20 Å². The minimum atomic E-state index is -3.38. The van der Waals surface area contributed by atoms with E-state index in [0.29, 0.717) is 19.1 Å². The number of piperidine rings is 1. The van der Waals surface area contributed by atoms with Crippen molar-refractivity contribution in [3.8, 4) is 0 Å². The Bertz CT molecular complexity index is 778. The number of ether oxygens (including phenoxy) is 1. The summed E-state index contributed by atoms with van der Waals surface area (Å²) in [5.74, 6) is 0. The van der Waals surface area contributed by atoms with Crippen molar-refractivity contribution in [3.05, 3.63) is 11.9 Å². The van der Waals surface area contributed by atoms with Crippen LogP contribution in [0.15, 0.2) is 11.4 Å². The van der Waals surface area contributed by atoms with Crippen LogP contribution in [0.25, 0.3) is 0 Å². The second kappa shape index (κ2) is 7.70. The van der Waals surface area contributed by atoms with Crippen LogP contribution in [-0.2, 0) is 27.7 Å². The molecule has 0 spiro atoms. The van der Waals surface area contributed by atoms with Gasteiger partial charge in [0, 0.05) is 36.5 Å². The molecule has 1 aromatic heterocycles. The molecule has 1 N–H and O–H groups in total. The van der Waals surface area contributed by atoms with Gasteiger partial charge in [-0.25, -0.2) is 13.4 Å². The molecule has 1 atom stereocenters. The first-order valence-corrected chi connectivity index (χ1v) is 12.1. The SMILES string of the molecule is CN(Cc1cnc(S(C)(=O)=O)n1C[C@H]1CCCO1)C1CC(C)(C)NC(C)(C)C1. The van der Waals surface area contributed by atoms with Crippen molar-refractivity contribution in [2.75, 3.05) is 19.9 Å². The van der Waals surface area contributed by atoms with Crippen LogP contribution >= 0.6 is 0 Å². The predicted molar refractivity (Wildman–Crippen MR) is 110 cm³/mol. The standard InChI is InChI=1S/C20H36N4O3S/c1-19(2)10-15(11-20(3,4)22-19)23(5)13-16-12-21-18(28(6,25)26)24(16)14-17-8-7-9-27-17/h12,15,17,22H,7-11,13-14H2,1-6H3/t17-/m1/s1. The first kappa shape index (κ1) is 21.7. The van der Waals surface area contributed by atoms with E-state index in [1.807, 2.05) is 4.57 Å². The summed E-state index contributed by atoms with van der Waals surface area (Å²) in [7, 11) is -1.25. The molecule has 8 heteroatoms. The maximum absolute atomic E-state index is 12.3. The van der Waals surface area contributed by atoms with E-state index in [4.69, 9.17) is 4.74 Å². The molecule has 2 fully saturated rings. The molecular formula is C20H36N4O3S. The molecule has 28 heavy (non-hydrogen) atoms. The van der Waals surface area contributed by atoms with Crippen LogP contribution in [0.2, 0.25) is 0 Å². The largest absolute Gasteiger partial charge is 0.376 e. The quantitative estimate of drug-likeness (QED) is 0.772. The number of rotatable bonds is 6. The number of hydrogen-bond donors (Lipinski definition) is 1. The Labute approximate surface area is 169 Å². The summed E-state index contributed by atoms with van der Waals surface area (Å²) >= 11 is 0. The van der Waals surface area contributed by atoms with Gasteiger partial charge in [0.15, 0.2) is 0 Å². The molecule has 3 rings (SSSR count). The van der Waals surface area contributed by atoms with Crippen molar-refractivity contribution >= 4 is 9.84 Å². The summed E-state index contributed by atoms with van der Waals surface area (Å²) in [5.41, 5.74) is 1.07. The lowest BCUT2D eigenvalue weighted by atomic mass is 9.79. The molecule has 3 heterocycles. The Morgan fingerprint density at radius 1 is 1.29 bits per heavy atom. The first-order chi connectivity index (χ1) is 12.9. The van der Waals surface area contributed by atoms with E-state index in [0.717, 1.165) is 38.0 Å². The lowest BCUT2D eigenvalue weighted by Crippen LogP contribution is -2.61. The van der Waals surface area contributed by atoms with Gasteiger partial charge in [-0.1, -0.05) is 0 Å². The van der Waals surface area contributed by atoms with E-state index < -0.39 is 9.84 Å². The summed E-state index contributed by atoms with van der Waals surface area (Å²) in [6, 6.07) is 0.416. The van der Waals surface area contributed by atoms with Crippen LogP contribution in [0, 0.1) is 0 Å². The number of imidazole rings is 1. The maximum Gasteiger partial charge on any atom is 0.227 e. The van der Waals surface area contributed by atoms with Crippen LogP contribution in [0.4, 0.5) is 0 Å². The molecule has 0 bridgehead atoms. The Morgan fingerprint density at radius 3 is 2.46 bits per heavy atom. The second-order valence-corrected chi connectivity index (χ2v) is 11.8. The normalized spacial score (nSPS) is 25.5. The molecule has 7 nitrogen and oxygen atoms in total. The zero-order valence-electron chi connectivity index (χ0n) is 18.2. The van der Waals surface area contributed by atoms with Gasteiger partial charge in [-0.3, -0.25) is 4.90 Å². The fourth-order valence-electron chi connectivity index (χ4n) is 4.97. The van der Waals surface area contributed by atoms with Gasteiger partial charge in [0.05, 0.1) is 24.5 Å². The van der Waals surface area contributed by atoms with E-state index in [1.165, 1.54) is 6.26 Å². The van der Waals surface area contributed by atoms with Crippen LogP contribution < -0.4 is 5.32 Å². The summed E-state index contributed by atoms with van der Waals surface area (Å²) in [6.45, 7) is 11.0. The zero-order chi connectivity index (χ0) is 20.7.